The number of alkyl halides is 2. The molecule has 0 spiro atoms. The number of rotatable bonds is 7. The van der Waals surface area contributed by atoms with Gasteiger partial charge in [-0.05, 0) is 30.2 Å². The number of nitrogens with one attached hydrogen (secondary N) is 2. The summed E-state index contributed by atoms with van der Waals surface area (Å²) in [6.45, 7) is -2.58. The minimum Gasteiger partial charge on any atom is -0.493 e. The van der Waals surface area contributed by atoms with E-state index in [-0.39, 0.29) is 17.4 Å². The molecule has 2 rings (SSSR count). The van der Waals surface area contributed by atoms with Crippen molar-refractivity contribution in [1.82, 2.24) is 15.5 Å². The predicted molar refractivity (Wildman–Crippen MR) is 74.3 cm³/mol. The Morgan fingerprint density at radius 3 is 2.82 bits per heavy atom. The van der Waals surface area contributed by atoms with Crippen LogP contribution in [0.4, 0.5) is 8.78 Å². The van der Waals surface area contributed by atoms with E-state index in [1.807, 2.05) is 0 Å². The summed E-state index contributed by atoms with van der Waals surface area (Å²) in [6.07, 6.45) is 1.94. The fourth-order valence-corrected chi connectivity index (χ4v) is 1.86. The molecule has 8 heteroatoms. The first kappa shape index (κ1) is 15.7. The molecule has 118 valence electrons. The number of hydrogen-bond donors (Lipinski definition) is 2. The molecule has 0 radical (unpaired) electrons. The molecule has 0 saturated heterocycles. The first-order valence-corrected chi connectivity index (χ1v) is 6.49. The van der Waals surface area contributed by atoms with Crippen LogP contribution in [0.2, 0.25) is 0 Å². The standard InChI is InChI=1S/C14H15F2N3O3/c1-21-11-3-2-9(8-12(11)22-14(15)16)4-6-17-13(20)10-5-7-18-19-10/h2-3,5,7-8,14H,4,6H2,1H3,(H,17,20)(H,18,19). The molecule has 1 heterocycles. The number of benzene rings is 1. The molecule has 6 nitrogen and oxygen atoms in total. The molecule has 1 aromatic heterocycles. The summed E-state index contributed by atoms with van der Waals surface area (Å²) in [7, 11) is 1.37. The summed E-state index contributed by atoms with van der Waals surface area (Å²) in [4.78, 5) is 11.7. The van der Waals surface area contributed by atoms with E-state index in [1.54, 1.807) is 18.2 Å². The Balaban J connectivity index is 1.93. The Morgan fingerprint density at radius 1 is 1.36 bits per heavy atom. The molecule has 0 unspecified atom stereocenters. The molecule has 1 aromatic carbocycles. The smallest absolute Gasteiger partial charge is 0.387 e. The van der Waals surface area contributed by atoms with Gasteiger partial charge in [-0.1, -0.05) is 6.07 Å². The van der Waals surface area contributed by atoms with E-state index >= 15 is 0 Å². The lowest BCUT2D eigenvalue weighted by Crippen LogP contribution is -2.26. The Morgan fingerprint density at radius 2 is 2.18 bits per heavy atom. The average Bonchev–Trinajstić information content (AvgIpc) is 3.01. The second kappa shape index (κ2) is 7.39. The van der Waals surface area contributed by atoms with E-state index < -0.39 is 6.61 Å². The first-order chi connectivity index (χ1) is 10.6. The van der Waals surface area contributed by atoms with Crippen molar-refractivity contribution in [2.75, 3.05) is 13.7 Å². The van der Waals surface area contributed by atoms with Crippen molar-refractivity contribution in [3.05, 3.63) is 41.7 Å². The van der Waals surface area contributed by atoms with E-state index in [1.165, 1.54) is 19.4 Å². The number of aromatic amines is 1. The van der Waals surface area contributed by atoms with Crippen LogP contribution in [-0.2, 0) is 6.42 Å². The van der Waals surface area contributed by atoms with Crippen LogP contribution in [0.25, 0.3) is 0 Å². The van der Waals surface area contributed by atoms with Gasteiger partial charge in [0.1, 0.15) is 5.69 Å². The van der Waals surface area contributed by atoms with Crippen LogP contribution in [0, 0.1) is 0 Å². The lowest BCUT2D eigenvalue weighted by Gasteiger charge is -2.11. The van der Waals surface area contributed by atoms with E-state index in [2.05, 4.69) is 20.3 Å². The van der Waals surface area contributed by atoms with E-state index in [0.717, 1.165) is 5.56 Å². The summed E-state index contributed by atoms with van der Waals surface area (Å²) in [5, 5.41) is 8.92. The van der Waals surface area contributed by atoms with Gasteiger partial charge in [-0.15, -0.1) is 0 Å². The Labute approximate surface area is 125 Å². The Hall–Kier alpha value is -2.64. The topological polar surface area (TPSA) is 76.2 Å². The number of methoxy groups -OCH3 is 1. The van der Waals surface area contributed by atoms with Gasteiger partial charge in [0.2, 0.25) is 0 Å². The van der Waals surface area contributed by atoms with E-state index in [9.17, 15) is 13.6 Å². The van der Waals surface area contributed by atoms with Gasteiger partial charge < -0.3 is 14.8 Å². The third kappa shape index (κ3) is 4.18. The predicted octanol–water partition coefficient (Wildman–Crippen LogP) is 1.99. The van der Waals surface area contributed by atoms with Gasteiger partial charge in [0.25, 0.3) is 5.91 Å². The molecule has 1 amide bonds. The summed E-state index contributed by atoms with van der Waals surface area (Å²) >= 11 is 0. The molecule has 0 aliphatic rings. The van der Waals surface area contributed by atoms with Crippen molar-refractivity contribution in [2.45, 2.75) is 13.0 Å². The van der Waals surface area contributed by atoms with Crippen molar-refractivity contribution in [3.63, 3.8) is 0 Å². The van der Waals surface area contributed by atoms with Gasteiger partial charge in [0, 0.05) is 12.7 Å². The number of amides is 1. The van der Waals surface area contributed by atoms with Crippen molar-refractivity contribution in [3.8, 4) is 11.5 Å². The van der Waals surface area contributed by atoms with Crippen LogP contribution in [0.3, 0.4) is 0 Å². The first-order valence-electron chi connectivity index (χ1n) is 6.49. The van der Waals surface area contributed by atoms with E-state index in [4.69, 9.17) is 4.74 Å². The van der Waals surface area contributed by atoms with Crippen LogP contribution in [0.5, 0.6) is 11.5 Å². The van der Waals surface area contributed by atoms with Gasteiger partial charge in [-0.3, -0.25) is 9.89 Å². The molecule has 22 heavy (non-hydrogen) atoms. The van der Waals surface area contributed by atoms with Crippen LogP contribution in [0.1, 0.15) is 16.1 Å². The SMILES string of the molecule is COc1ccc(CCNC(=O)c2ccn[nH]2)cc1OC(F)F. The molecule has 2 aromatic rings. The van der Waals surface area contributed by atoms with E-state index in [0.29, 0.717) is 18.7 Å². The molecule has 2 N–H and O–H groups in total. The zero-order chi connectivity index (χ0) is 15.9. The van der Waals surface area contributed by atoms with Gasteiger partial charge in [0.05, 0.1) is 7.11 Å². The second-order valence-electron chi connectivity index (χ2n) is 4.34. The molecule has 0 fully saturated rings. The number of H-pyrrole nitrogens is 1. The zero-order valence-electron chi connectivity index (χ0n) is 11.8. The minimum absolute atomic E-state index is 0.0325. The summed E-state index contributed by atoms with van der Waals surface area (Å²) in [5.74, 6) is -0.0875. The highest BCUT2D eigenvalue weighted by Crippen LogP contribution is 2.29. The highest BCUT2D eigenvalue weighted by atomic mass is 19.3. The largest absolute Gasteiger partial charge is 0.493 e. The van der Waals surface area contributed by atoms with Gasteiger partial charge in [-0.2, -0.15) is 13.9 Å². The molecular weight excluding hydrogens is 296 g/mol. The molecule has 0 bridgehead atoms. The number of aromatic nitrogens is 2. The maximum atomic E-state index is 12.3. The van der Waals surface area contributed by atoms with Gasteiger partial charge in [-0.25, -0.2) is 0 Å². The third-order valence-corrected chi connectivity index (χ3v) is 2.89. The number of nitrogens with zero attached hydrogens (tertiary/aromatic N) is 1. The van der Waals surface area contributed by atoms with Crippen molar-refractivity contribution >= 4 is 5.91 Å². The molecule has 0 aliphatic carbocycles. The van der Waals surface area contributed by atoms with Crippen LogP contribution >= 0.6 is 0 Å². The Bertz CT molecular complexity index is 618. The fraction of sp³-hybridized carbons (Fsp3) is 0.286. The minimum atomic E-state index is -2.93. The maximum absolute atomic E-state index is 12.3. The Kier molecular flexibility index (Phi) is 5.29. The van der Waals surface area contributed by atoms with Crippen LogP contribution < -0.4 is 14.8 Å². The number of hydrogen-bond acceptors (Lipinski definition) is 4. The summed E-state index contributed by atoms with van der Waals surface area (Å²) < 4.78 is 34.0. The lowest BCUT2D eigenvalue weighted by molar-refractivity contribution is -0.0512. The number of carbonyl (C=O) groups excluding carboxylic acids is 1. The molecule has 0 aliphatic heterocycles. The van der Waals surface area contributed by atoms with Gasteiger partial charge in [0.15, 0.2) is 11.5 Å². The quantitative estimate of drug-likeness (QED) is 0.820. The lowest BCUT2D eigenvalue weighted by atomic mass is 10.1. The number of carbonyl (C=O) groups is 1. The number of ether oxygens (including phenoxy) is 2. The van der Waals surface area contributed by atoms with Crippen molar-refractivity contribution < 1.29 is 23.0 Å². The number of halogens is 2. The average molecular weight is 311 g/mol. The second-order valence-corrected chi connectivity index (χ2v) is 4.34. The summed E-state index contributed by atoms with van der Waals surface area (Å²) in [6, 6.07) is 6.29. The highest BCUT2D eigenvalue weighted by molar-refractivity contribution is 5.92. The fourth-order valence-electron chi connectivity index (χ4n) is 1.86. The molecular formula is C14H15F2N3O3. The summed E-state index contributed by atoms with van der Waals surface area (Å²) in [5.41, 5.74) is 1.10. The van der Waals surface area contributed by atoms with Crippen molar-refractivity contribution in [1.29, 1.82) is 0 Å². The molecule has 0 saturated carbocycles. The highest BCUT2D eigenvalue weighted by Gasteiger charge is 2.11. The third-order valence-electron chi connectivity index (χ3n) is 2.89. The van der Waals surface area contributed by atoms with Gasteiger partial charge >= 0.3 is 6.61 Å². The van der Waals surface area contributed by atoms with Crippen molar-refractivity contribution in [2.24, 2.45) is 0 Å². The molecule has 0 atom stereocenters. The van der Waals surface area contributed by atoms with Crippen LogP contribution in [0.15, 0.2) is 30.5 Å². The monoisotopic (exact) mass is 311 g/mol. The zero-order valence-corrected chi connectivity index (χ0v) is 11.8. The normalized spacial score (nSPS) is 10.5. The maximum Gasteiger partial charge on any atom is 0.387 e. The van der Waals surface area contributed by atoms with Crippen LogP contribution in [-0.4, -0.2) is 36.4 Å².